The molecule has 8 nitrogen and oxygen atoms in total. The summed E-state index contributed by atoms with van der Waals surface area (Å²) < 4.78 is 4.13. The van der Waals surface area contributed by atoms with Crippen LogP contribution in [0.3, 0.4) is 0 Å². The monoisotopic (exact) mass is 487 g/mol. The summed E-state index contributed by atoms with van der Waals surface area (Å²) in [5, 5.41) is 14.6. The summed E-state index contributed by atoms with van der Waals surface area (Å²) in [6.07, 6.45) is 18.0. The number of aryl methyl sites for hydroxylation is 1. The summed E-state index contributed by atoms with van der Waals surface area (Å²) in [5.41, 5.74) is 2.91. The Morgan fingerprint density at radius 3 is 2.86 bits per heavy atom. The maximum absolute atomic E-state index is 14.0. The average Bonchev–Trinajstić information content (AvgIpc) is 3.49. The molecule has 3 aromatic rings. The van der Waals surface area contributed by atoms with Gasteiger partial charge in [-0.3, -0.25) is 14.1 Å². The average molecular weight is 488 g/mol. The van der Waals surface area contributed by atoms with Crippen molar-refractivity contribution in [1.82, 2.24) is 29.8 Å². The number of aromatic amines is 1. The lowest BCUT2D eigenvalue weighted by Gasteiger charge is -2.32. The zero-order valence-corrected chi connectivity index (χ0v) is 21.4. The van der Waals surface area contributed by atoms with E-state index in [0.29, 0.717) is 18.3 Å². The van der Waals surface area contributed by atoms with Crippen LogP contribution in [0.25, 0.3) is 11.4 Å². The third-order valence-corrected chi connectivity index (χ3v) is 8.07. The summed E-state index contributed by atoms with van der Waals surface area (Å²) in [6, 6.07) is 8.55. The molecule has 0 bridgehead atoms. The minimum absolute atomic E-state index is 0.129. The molecule has 1 fully saturated rings. The number of imidazole rings is 1. The van der Waals surface area contributed by atoms with Crippen LogP contribution in [0, 0.1) is 5.92 Å². The standard InChI is InChI=1S/C28H37N7O/c1-3-4-12-24-19-34(25-13-7-5-6-9-21(25)2)27(36)35(24)20-28(14-16-29-17-15-28)23-11-8-10-22(18-23)26-30-32-33-31-26/h8,10-11,14,16-19,21,25H,3-7,9,12-13,15,20H2,1-2H3,(H,30,31,32,33). The summed E-state index contributed by atoms with van der Waals surface area (Å²) >= 11 is 0. The van der Waals surface area contributed by atoms with E-state index in [-0.39, 0.29) is 17.1 Å². The van der Waals surface area contributed by atoms with Gasteiger partial charge in [0.25, 0.3) is 0 Å². The fourth-order valence-corrected chi connectivity index (χ4v) is 5.89. The first-order valence-corrected chi connectivity index (χ1v) is 13.5. The molecule has 0 amide bonds. The second kappa shape index (κ2) is 10.8. The zero-order chi connectivity index (χ0) is 25.0. The van der Waals surface area contributed by atoms with Crippen LogP contribution >= 0.6 is 0 Å². The van der Waals surface area contributed by atoms with Crippen molar-refractivity contribution in [3.05, 3.63) is 64.5 Å². The smallest absolute Gasteiger partial charge is 0.296 e. The van der Waals surface area contributed by atoms with Gasteiger partial charge in [-0.2, -0.15) is 5.21 Å². The van der Waals surface area contributed by atoms with Crippen molar-refractivity contribution in [2.24, 2.45) is 10.9 Å². The Balaban J connectivity index is 1.56. The van der Waals surface area contributed by atoms with Gasteiger partial charge in [0, 0.05) is 47.9 Å². The summed E-state index contributed by atoms with van der Waals surface area (Å²) in [7, 11) is 0. The van der Waals surface area contributed by atoms with E-state index in [1.807, 2.05) is 24.5 Å². The van der Waals surface area contributed by atoms with Gasteiger partial charge in [0.15, 0.2) is 0 Å². The van der Waals surface area contributed by atoms with Crippen LogP contribution < -0.4 is 5.69 Å². The summed E-state index contributed by atoms with van der Waals surface area (Å²) in [6.45, 7) is 5.10. The van der Waals surface area contributed by atoms with Crippen LogP contribution in [0.1, 0.15) is 82.5 Å². The van der Waals surface area contributed by atoms with Gasteiger partial charge in [-0.1, -0.05) is 63.8 Å². The molecule has 0 radical (unpaired) electrons. The van der Waals surface area contributed by atoms with E-state index in [4.69, 9.17) is 0 Å². The predicted molar refractivity (Wildman–Crippen MR) is 142 cm³/mol. The Bertz CT molecular complexity index is 1270. The minimum Gasteiger partial charge on any atom is -0.296 e. The first-order chi connectivity index (χ1) is 17.6. The molecular weight excluding hydrogens is 450 g/mol. The number of unbranched alkanes of at least 4 members (excludes halogenated alkanes) is 1. The van der Waals surface area contributed by atoms with Crippen LogP contribution in [0.15, 0.2) is 52.5 Å². The molecule has 1 aromatic carbocycles. The predicted octanol–water partition coefficient (Wildman–Crippen LogP) is 5.24. The van der Waals surface area contributed by atoms with Crippen molar-refractivity contribution in [1.29, 1.82) is 0 Å². The number of allylic oxidation sites excluding steroid dienone is 1. The second-order valence-corrected chi connectivity index (χ2v) is 10.5. The molecule has 3 unspecified atom stereocenters. The Labute approximate surface area is 212 Å². The molecular formula is C28H37N7O. The van der Waals surface area contributed by atoms with Gasteiger partial charge < -0.3 is 0 Å². The fourth-order valence-electron chi connectivity index (χ4n) is 5.89. The van der Waals surface area contributed by atoms with Gasteiger partial charge in [0.1, 0.15) is 0 Å². The number of benzene rings is 1. The van der Waals surface area contributed by atoms with Crippen molar-refractivity contribution in [3.63, 3.8) is 0 Å². The molecule has 3 heterocycles. The molecule has 1 saturated carbocycles. The van der Waals surface area contributed by atoms with Gasteiger partial charge in [0.2, 0.25) is 5.82 Å². The van der Waals surface area contributed by atoms with Crippen LogP contribution in [0.2, 0.25) is 0 Å². The van der Waals surface area contributed by atoms with E-state index in [2.05, 4.69) is 73.0 Å². The van der Waals surface area contributed by atoms with E-state index in [1.54, 1.807) is 0 Å². The van der Waals surface area contributed by atoms with Crippen molar-refractivity contribution in [3.8, 4) is 11.4 Å². The van der Waals surface area contributed by atoms with Gasteiger partial charge in [-0.25, -0.2) is 4.79 Å². The Hall–Kier alpha value is -3.29. The van der Waals surface area contributed by atoms with Crippen molar-refractivity contribution in [2.75, 3.05) is 0 Å². The number of aliphatic imine (C=N–C) groups is 1. The quantitative estimate of drug-likeness (QED) is 0.440. The largest absolute Gasteiger partial charge is 0.328 e. The van der Waals surface area contributed by atoms with Crippen LogP contribution in [0.4, 0.5) is 0 Å². The highest BCUT2D eigenvalue weighted by molar-refractivity contribution is 5.65. The highest BCUT2D eigenvalue weighted by Crippen LogP contribution is 2.36. The van der Waals surface area contributed by atoms with E-state index >= 15 is 0 Å². The number of hydrogen-bond acceptors (Lipinski definition) is 5. The fraction of sp³-hybridized carbons (Fsp3) is 0.536. The molecule has 2 aliphatic rings. The maximum Gasteiger partial charge on any atom is 0.328 e. The number of nitrogens with zero attached hydrogens (tertiary/aromatic N) is 6. The SMILES string of the molecule is CCCCc1cn(C2CCCCCC2C)c(=O)n1CC1(c2cccc(-c3nn[nH]n3)c2)C=CN=CC1. The summed E-state index contributed by atoms with van der Waals surface area (Å²) in [5.74, 6) is 1.08. The maximum atomic E-state index is 14.0. The molecule has 3 atom stereocenters. The van der Waals surface area contributed by atoms with Crippen molar-refractivity contribution < 1.29 is 0 Å². The van der Waals surface area contributed by atoms with Gasteiger partial charge >= 0.3 is 5.69 Å². The van der Waals surface area contributed by atoms with Crippen molar-refractivity contribution in [2.45, 2.75) is 89.6 Å². The molecule has 8 heteroatoms. The van der Waals surface area contributed by atoms with Gasteiger partial charge in [-0.15, -0.1) is 10.2 Å². The van der Waals surface area contributed by atoms with E-state index in [1.165, 1.54) is 25.7 Å². The topological polar surface area (TPSA) is 93.8 Å². The zero-order valence-electron chi connectivity index (χ0n) is 21.4. The Morgan fingerprint density at radius 1 is 1.19 bits per heavy atom. The van der Waals surface area contributed by atoms with Crippen LogP contribution in [-0.4, -0.2) is 36.0 Å². The third kappa shape index (κ3) is 4.86. The number of aromatic nitrogens is 6. The summed E-state index contributed by atoms with van der Waals surface area (Å²) in [4.78, 5) is 18.4. The second-order valence-electron chi connectivity index (χ2n) is 10.5. The molecule has 0 saturated heterocycles. The molecule has 36 heavy (non-hydrogen) atoms. The Morgan fingerprint density at radius 2 is 2.08 bits per heavy atom. The normalized spacial score (nSPS) is 24.2. The molecule has 1 N–H and O–H groups in total. The minimum atomic E-state index is -0.381. The molecule has 190 valence electrons. The van der Waals surface area contributed by atoms with Gasteiger partial charge in [0.05, 0.1) is 0 Å². The molecule has 0 spiro atoms. The van der Waals surface area contributed by atoms with Crippen molar-refractivity contribution >= 4 is 6.21 Å². The first-order valence-electron chi connectivity index (χ1n) is 13.5. The molecule has 1 aliphatic carbocycles. The Kier molecular flexibility index (Phi) is 7.30. The number of rotatable bonds is 8. The van der Waals surface area contributed by atoms with Crippen LogP contribution in [-0.2, 0) is 18.4 Å². The van der Waals surface area contributed by atoms with Gasteiger partial charge in [-0.05, 0) is 54.9 Å². The highest BCUT2D eigenvalue weighted by Gasteiger charge is 2.34. The molecule has 1 aliphatic heterocycles. The number of tetrazole rings is 1. The lowest BCUT2D eigenvalue weighted by Crippen LogP contribution is -2.38. The number of nitrogens with one attached hydrogen (secondary N) is 1. The van der Waals surface area contributed by atoms with E-state index in [0.717, 1.165) is 48.9 Å². The number of H-pyrrole nitrogens is 1. The number of hydrogen-bond donors (Lipinski definition) is 1. The lowest BCUT2D eigenvalue weighted by atomic mass is 9.76. The highest BCUT2D eigenvalue weighted by atomic mass is 16.1. The van der Waals surface area contributed by atoms with E-state index < -0.39 is 0 Å². The lowest BCUT2D eigenvalue weighted by molar-refractivity contribution is 0.321. The van der Waals surface area contributed by atoms with E-state index in [9.17, 15) is 4.79 Å². The first kappa shape index (κ1) is 24.4. The van der Waals surface area contributed by atoms with Crippen LogP contribution in [0.5, 0.6) is 0 Å². The molecule has 5 rings (SSSR count). The third-order valence-electron chi connectivity index (χ3n) is 8.07. The molecule has 2 aromatic heterocycles.